The first kappa shape index (κ1) is 23.7. The molecular weight excluding hydrogens is 437 g/mol. The van der Waals surface area contributed by atoms with Gasteiger partial charge in [0.2, 0.25) is 0 Å². The van der Waals surface area contributed by atoms with Gasteiger partial charge in [-0.3, -0.25) is 9.69 Å². The van der Waals surface area contributed by atoms with Crippen LogP contribution >= 0.6 is 0 Å². The predicted molar refractivity (Wildman–Crippen MR) is 137 cm³/mol. The van der Waals surface area contributed by atoms with Crippen LogP contribution in [-0.4, -0.2) is 48.4 Å². The van der Waals surface area contributed by atoms with Crippen molar-refractivity contribution in [1.82, 2.24) is 9.80 Å². The second-order valence-corrected chi connectivity index (χ2v) is 10.4. The van der Waals surface area contributed by atoms with E-state index in [2.05, 4.69) is 70.5 Å². The van der Waals surface area contributed by atoms with E-state index >= 15 is 0 Å². The highest BCUT2D eigenvalue weighted by Crippen LogP contribution is 2.45. The molecule has 2 saturated heterocycles. The number of rotatable bonds is 8. The predicted octanol–water partition coefficient (Wildman–Crippen LogP) is 4.53. The molecule has 0 aromatic heterocycles. The van der Waals surface area contributed by atoms with Gasteiger partial charge in [0.15, 0.2) is 0 Å². The first-order chi connectivity index (χ1) is 17.0. The lowest BCUT2D eigenvalue weighted by molar-refractivity contribution is 0.0609. The standard InChI is InChI=1S/C30H34FN3O/c31-28-17-25(11-12-27(28)29(32)35)18-30-21-33(15-13-23-7-3-1-4-8-23)16-14-26(30)20-34(22-30)19-24-9-5-2-6-10-24/h1-12,17,26H,13-16,18-22H2,(H2,32,35). The number of nitrogens with zero attached hydrogens (tertiary/aromatic N) is 2. The molecule has 0 radical (unpaired) electrons. The van der Waals surface area contributed by atoms with E-state index in [0.29, 0.717) is 5.92 Å². The Morgan fingerprint density at radius 3 is 2.29 bits per heavy atom. The summed E-state index contributed by atoms with van der Waals surface area (Å²) < 4.78 is 14.6. The fraction of sp³-hybridized carbons (Fsp3) is 0.367. The van der Waals surface area contributed by atoms with E-state index < -0.39 is 11.7 Å². The normalized spacial score (nSPS) is 22.7. The lowest BCUT2D eigenvalue weighted by Gasteiger charge is -2.45. The van der Waals surface area contributed by atoms with Crippen LogP contribution in [0.1, 0.15) is 33.5 Å². The van der Waals surface area contributed by atoms with Crippen molar-refractivity contribution in [1.29, 1.82) is 0 Å². The number of benzene rings is 3. The molecule has 0 aliphatic carbocycles. The van der Waals surface area contributed by atoms with Crippen LogP contribution in [0.3, 0.4) is 0 Å². The molecular formula is C30H34FN3O. The Morgan fingerprint density at radius 2 is 1.60 bits per heavy atom. The van der Waals surface area contributed by atoms with Gasteiger partial charge in [-0.2, -0.15) is 0 Å². The van der Waals surface area contributed by atoms with Gasteiger partial charge in [0.25, 0.3) is 5.91 Å². The Kier molecular flexibility index (Phi) is 6.98. The molecule has 3 aromatic rings. The number of carbonyl (C=O) groups excluding carboxylic acids is 1. The van der Waals surface area contributed by atoms with E-state index in [1.54, 1.807) is 6.07 Å². The number of primary amides is 1. The van der Waals surface area contributed by atoms with E-state index in [0.717, 1.165) is 64.1 Å². The second-order valence-electron chi connectivity index (χ2n) is 10.4. The van der Waals surface area contributed by atoms with Crippen molar-refractivity contribution < 1.29 is 9.18 Å². The largest absolute Gasteiger partial charge is 0.366 e. The summed E-state index contributed by atoms with van der Waals surface area (Å²) in [7, 11) is 0. The van der Waals surface area contributed by atoms with E-state index in [1.165, 1.54) is 17.2 Å². The van der Waals surface area contributed by atoms with Crippen molar-refractivity contribution in [2.45, 2.75) is 25.8 Å². The number of amides is 1. The number of halogens is 1. The number of nitrogens with two attached hydrogens (primary N) is 1. The van der Waals surface area contributed by atoms with Gasteiger partial charge in [-0.05, 0) is 60.5 Å². The van der Waals surface area contributed by atoms with Crippen molar-refractivity contribution >= 4 is 5.91 Å². The van der Waals surface area contributed by atoms with Crippen LogP contribution < -0.4 is 5.73 Å². The molecule has 2 unspecified atom stereocenters. The van der Waals surface area contributed by atoms with Crippen molar-refractivity contribution in [3.05, 3.63) is 107 Å². The van der Waals surface area contributed by atoms with Crippen LogP contribution in [0.25, 0.3) is 0 Å². The van der Waals surface area contributed by atoms with Gasteiger partial charge >= 0.3 is 0 Å². The van der Waals surface area contributed by atoms with Crippen LogP contribution in [0.15, 0.2) is 78.9 Å². The molecule has 5 heteroatoms. The summed E-state index contributed by atoms with van der Waals surface area (Å²) >= 11 is 0. The van der Waals surface area contributed by atoms with E-state index in [-0.39, 0.29) is 11.0 Å². The van der Waals surface area contributed by atoms with Crippen molar-refractivity contribution in [3.8, 4) is 0 Å². The minimum absolute atomic E-state index is 0.0342. The summed E-state index contributed by atoms with van der Waals surface area (Å²) in [4.78, 5) is 16.7. The van der Waals surface area contributed by atoms with Gasteiger partial charge in [-0.25, -0.2) is 4.39 Å². The molecule has 2 N–H and O–H groups in total. The first-order valence-electron chi connectivity index (χ1n) is 12.6. The third-order valence-corrected chi connectivity index (χ3v) is 7.88. The minimum Gasteiger partial charge on any atom is -0.366 e. The lowest BCUT2D eigenvalue weighted by atomic mass is 9.69. The van der Waals surface area contributed by atoms with Crippen LogP contribution in [0.2, 0.25) is 0 Å². The Hall–Kier alpha value is -3.02. The Bertz CT molecular complexity index is 1150. The molecule has 0 saturated carbocycles. The Balaban J connectivity index is 1.36. The second kappa shape index (κ2) is 10.3. The summed E-state index contributed by atoms with van der Waals surface area (Å²) in [6.45, 7) is 6.16. The van der Waals surface area contributed by atoms with Crippen LogP contribution in [-0.2, 0) is 19.4 Å². The molecule has 2 aliphatic rings. The zero-order chi connectivity index (χ0) is 24.3. The average Bonchev–Trinajstić information content (AvgIpc) is 3.20. The molecule has 3 aromatic carbocycles. The van der Waals surface area contributed by atoms with Crippen molar-refractivity contribution in [2.24, 2.45) is 17.1 Å². The number of likely N-dealkylation sites (tertiary alicyclic amines) is 2. The quantitative estimate of drug-likeness (QED) is 0.525. The molecule has 2 atom stereocenters. The number of piperidine rings is 1. The molecule has 1 amide bonds. The van der Waals surface area contributed by atoms with Crippen LogP contribution in [0.4, 0.5) is 4.39 Å². The molecule has 0 spiro atoms. The van der Waals surface area contributed by atoms with Crippen molar-refractivity contribution in [2.75, 3.05) is 32.7 Å². The molecule has 5 rings (SSSR count). The SMILES string of the molecule is NC(=O)c1ccc(CC23CN(CCc4ccccc4)CCC2CN(Cc2ccccc2)C3)cc1F. The van der Waals surface area contributed by atoms with Gasteiger partial charge in [-0.1, -0.05) is 66.7 Å². The molecule has 2 heterocycles. The summed E-state index contributed by atoms with van der Waals surface area (Å²) in [6, 6.07) is 26.3. The lowest BCUT2D eigenvalue weighted by Crippen LogP contribution is -2.50. The van der Waals surface area contributed by atoms with E-state index in [1.807, 2.05) is 6.07 Å². The highest BCUT2D eigenvalue weighted by Gasteiger charge is 2.49. The molecule has 2 fully saturated rings. The minimum atomic E-state index is -0.718. The smallest absolute Gasteiger partial charge is 0.251 e. The fourth-order valence-electron chi connectivity index (χ4n) is 6.20. The van der Waals surface area contributed by atoms with Gasteiger partial charge in [-0.15, -0.1) is 0 Å². The van der Waals surface area contributed by atoms with E-state index in [4.69, 9.17) is 5.73 Å². The Morgan fingerprint density at radius 1 is 0.914 bits per heavy atom. The number of hydrogen-bond acceptors (Lipinski definition) is 3. The third kappa shape index (κ3) is 5.47. The summed E-state index contributed by atoms with van der Waals surface area (Å²) in [5, 5.41) is 0. The van der Waals surface area contributed by atoms with Crippen molar-refractivity contribution in [3.63, 3.8) is 0 Å². The Labute approximate surface area is 207 Å². The fourth-order valence-corrected chi connectivity index (χ4v) is 6.20. The summed E-state index contributed by atoms with van der Waals surface area (Å²) in [6.07, 6.45) is 3.00. The maximum Gasteiger partial charge on any atom is 0.251 e. The molecule has 4 nitrogen and oxygen atoms in total. The van der Waals surface area contributed by atoms with E-state index in [9.17, 15) is 9.18 Å². The molecule has 182 valence electrons. The molecule has 35 heavy (non-hydrogen) atoms. The highest BCUT2D eigenvalue weighted by molar-refractivity contribution is 5.93. The van der Waals surface area contributed by atoms with Gasteiger partial charge in [0.1, 0.15) is 5.82 Å². The maximum atomic E-state index is 14.6. The first-order valence-corrected chi connectivity index (χ1v) is 12.6. The molecule has 2 aliphatic heterocycles. The zero-order valence-corrected chi connectivity index (χ0v) is 20.2. The van der Waals surface area contributed by atoms with Gasteiger partial charge < -0.3 is 10.6 Å². The number of hydrogen-bond donors (Lipinski definition) is 1. The number of fused-ring (bicyclic) bond motifs is 1. The highest BCUT2D eigenvalue weighted by atomic mass is 19.1. The average molecular weight is 472 g/mol. The zero-order valence-electron chi connectivity index (χ0n) is 20.2. The molecule has 0 bridgehead atoms. The van der Waals surface area contributed by atoms with Crippen LogP contribution in [0.5, 0.6) is 0 Å². The summed E-state index contributed by atoms with van der Waals surface area (Å²) in [5.74, 6) is -0.665. The summed E-state index contributed by atoms with van der Waals surface area (Å²) in [5.41, 5.74) is 9.00. The topological polar surface area (TPSA) is 49.6 Å². The van der Waals surface area contributed by atoms with Gasteiger partial charge in [0, 0.05) is 38.1 Å². The third-order valence-electron chi connectivity index (χ3n) is 7.88. The number of carbonyl (C=O) groups is 1. The maximum absolute atomic E-state index is 14.6. The van der Waals surface area contributed by atoms with Gasteiger partial charge in [0.05, 0.1) is 5.56 Å². The monoisotopic (exact) mass is 471 g/mol. The van der Waals surface area contributed by atoms with Crippen LogP contribution in [0, 0.1) is 17.2 Å².